The number of Topliss-reactive ketones (excluding diaryl/α,β-unsaturated/α-hetero) is 1. The summed E-state index contributed by atoms with van der Waals surface area (Å²) >= 11 is 0. The molecule has 9 heteroatoms. The molecule has 1 aliphatic carbocycles. The van der Waals surface area contributed by atoms with E-state index < -0.39 is 9.84 Å². The van der Waals surface area contributed by atoms with Crippen molar-refractivity contribution in [3.05, 3.63) is 83.6 Å². The molecule has 0 bridgehead atoms. The Labute approximate surface area is 215 Å². The van der Waals surface area contributed by atoms with Gasteiger partial charge in [0.1, 0.15) is 23.8 Å². The Morgan fingerprint density at radius 3 is 2.54 bits per heavy atom. The Morgan fingerprint density at radius 2 is 1.81 bits per heavy atom. The third-order valence-corrected chi connectivity index (χ3v) is 7.17. The normalized spacial score (nSPS) is 15.2. The highest BCUT2D eigenvalue weighted by Gasteiger charge is 2.34. The van der Waals surface area contributed by atoms with E-state index in [2.05, 4.69) is 14.9 Å². The fourth-order valence-electron chi connectivity index (χ4n) is 4.45. The van der Waals surface area contributed by atoms with Crippen molar-refractivity contribution < 1.29 is 22.4 Å². The van der Waals surface area contributed by atoms with Gasteiger partial charge in [0.25, 0.3) is 0 Å². The average Bonchev–Trinajstić information content (AvgIpc) is 3.46. The van der Waals surface area contributed by atoms with E-state index in [9.17, 15) is 13.2 Å². The zero-order valence-corrected chi connectivity index (χ0v) is 21.7. The van der Waals surface area contributed by atoms with Crippen LogP contribution in [-0.4, -0.2) is 62.6 Å². The lowest BCUT2D eigenvalue weighted by Crippen LogP contribution is -2.19. The van der Waals surface area contributed by atoms with Crippen molar-refractivity contribution in [3.63, 3.8) is 0 Å². The van der Waals surface area contributed by atoms with Crippen LogP contribution < -0.4 is 4.74 Å². The summed E-state index contributed by atoms with van der Waals surface area (Å²) in [5, 5.41) is -0.281. The van der Waals surface area contributed by atoms with E-state index in [4.69, 9.17) is 9.15 Å². The van der Waals surface area contributed by atoms with Gasteiger partial charge in [0.15, 0.2) is 11.5 Å². The summed E-state index contributed by atoms with van der Waals surface area (Å²) in [7, 11) is 0.362. The molecule has 0 spiro atoms. The molecule has 2 aromatic carbocycles. The minimum atomic E-state index is -3.62. The fraction of sp³-hybridized carbons (Fsp3) is 0.250. The van der Waals surface area contributed by atoms with Gasteiger partial charge in [0.2, 0.25) is 15.0 Å². The van der Waals surface area contributed by atoms with Gasteiger partial charge in [-0.2, -0.15) is 0 Å². The van der Waals surface area contributed by atoms with Gasteiger partial charge in [0, 0.05) is 48.0 Å². The van der Waals surface area contributed by atoms with E-state index in [1.807, 2.05) is 68.7 Å². The van der Waals surface area contributed by atoms with Crippen molar-refractivity contribution >= 4 is 15.6 Å². The highest BCUT2D eigenvalue weighted by Crippen LogP contribution is 2.44. The molecular weight excluding hydrogens is 490 g/mol. The van der Waals surface area contributed by atoms with Crippen LogP contribution in [0.25, 0.3) is 22.8 Å². The lowest BCUT2D eigenvalue weighted by molar-refractivity contribution is 0.0991. The number of ether oxygens (including phenoxy) is 1. The highest BCUT2D eigenvalue weighted by molar-refractivity contribution is 7.90. The second-order valence-corrected chi connectivity index (χ2v) is 11.2. The van der Waals surface area contributed by atoms with Gasteiger partial charge in [-0.25, -0.2) is 18.4 Å². The fourth-order valence-corrected chi connectivity index (χ4v) is 4.97. The number of sulfone groups is 1. The molecule has 8 nitrogen and oxygen atoms in total. The number of furan rings is 1. The lowest BCUT2D eigenvalue weighted by atomic mass is 9.92. The maximum atomic E-state index is 12.8. The molecule has 190 valence electrons. The second kappa shape index (κ2) is 9.91. The molecular formula is C28H27N3O5S. The van der Waals surface area contributed by atoms with Gasteiger partial charge in [-0.15, -0.1) is 0 Å². The van der Waals surface area contributed by atoms with Gasteiger partial charge < -0.3 is 14.1 Å². The second-order valence-electron chi connectivity index (χ2n) is 9.33. The van der Waals surface area contributed by atoms with Gasteiger partial charge in [-0.1, -0.05) is 24.3 Å². The first-order valence-corrected chi connectivity index (χ1v) is 13.8. The van der Waals surface area contributed by atoms with Crippen LogP contribution in [0.2, 0.25) is 0 Å². The number of nitrogens with zero attached hydrogens (tertiary/aromatic N) is 3. The maximum Gasteiger partial charge on any atom is 0.247 e. The Bertz CT molecular complexity index is 1560. The molecule has 2 aromatic heterocycles. The Hall–Kier alpha value is -3.82. The van der Waals surface area contributed by atoms with E-state index in [0.29, 0.717) is 35.8 Å². The van der Waals surface area contributed by atoms with Gasteiger partial charge in [0.05, 0.1) is 0 Å². The predicted octanol–water partition coefficient (Wildman–Crippen LogP) is 4.47. The quantitative estimate of drug-likeness (QED) is 0.316. The molecule has 0 amide bonds. The number of hydrogen-bond acceptors (Lipinski definition) is 8. The molecule has 0 saturated heterocycles. The summed E-state index contributed by atoms with van der Waals surface area (Å²) in [5.41, 5.74) is 3.56. The van der Waals surface area contributed by atoms with Crippen LogP contribution >= 0.6 is 0 Å². The number of likely N-dealkylation sites (N-methyl/N-ethyl adjacent to an activating group) is 1. The lowest BCUT2D eigenvalue weighted by Gasteiger charge is -2.11. The van der Waals surface area contributed by atoms with E-state index in [-0.39, 0.29) is 16.9 Å². The summed E-state index contributed by atoms with van der Waals surface area (Å²) < 4.78 is 36.4. The van der Waals surface area contributed by atoms with Crippen molar-refractivity contribution in [3.8, 4) is 28.5 Å². The minimum Gasteiger partial charge on any atom is -0.492 e. The van der Waals surface area contributed by atoms with Crippen molar-refractivity contribution in [1.82, 2.24) is 14.9 Å². The zero-order chi connectivity index (χ0) is 26.2. The largest absolute Gasteiger partial charge is 0.492 e. The van der Waals surface area contributed by atoms with Crippen molar-refractivity contribution in [2.75, 3.05) is 33.5 Å². The molecule has 0 aliphatic heterocycles. The molecule has 1 unspecified atom stereocenters. The maximum absolute atomic E-state index is 12.8. The number of fused-ring (bicyclic) bond motifs is 1. The SMILES string of the molecule is CN(C)CCOc1ccc(-c2cc(C3CC(=O)c4ccccc43)c(-c3ccnc(S(C)(=O)=O)n3)o2)cc1. The molecule has 1 atom stereocenters. The van der Waals surface area contributed by atoms with E-state index >= 15 is 0 Å². The molecule has 5 rings (SSSR count). The minimum absolute atomic E-state index is 0.0630. The van der Waals surface area contributed by atoms with Crippen molar-refractivity contribution in [2.45, 2.75) is 17.5 Å². The third kappa shape index (κ3) is 5.19. The number of benzene rings is 2. The standard InChI is InChI=1S/C28H27N3O5S/c1-31(2)14-15-35-19-10-8-18(9-11-19)26-17-23(22-16-25(32)21-7-5-4-6-20(21)22)27(36-26)24-12-13-29-28(30-24)37(3,33)34/h4-13,17,22H,14-16H2,1-3H3. The van der Waals surface area contributed by atoms with Crippen LogP contribution in [0.3, 0.4) is 0 Å². The van der Waals surface area contributed by atoms with Crippen LogP contribution in [-0.2, 0) is 9.84 Å². The number of carbonyl (C=O) groups excluding carboxylic acids is 1. The number of rotatable bonds is 8. The summed E-state index contributed by atoms with van der Waals surface area (Å²) in [6.45, 7) is 1.38. The summed E-state index contributed by atoms with van der Waals surface area (Å²) in [6.07, 6.45) is 2.76. The molecule has 37 heavy (non-hydrogen) atoms. The molecule has 2 heterocycles. The topological polar surface area (TPSA) is 103 Å². The Balaban J connectivity index is 1.57. The Kier molecular flexibility index (Phi) is 6.66. The van der Waals surface area contributed by atoms with Gasteiger partial charge in [-0.05, 0) is 56.1 Å². The molecule has 0 fully saturated rings. The molecule has 4 aromatic rings. The molecule has 0 saturated carbocycles. The molecule has 0 N–H and O–H groups in total. The van der Waals surface area contributed by atoms with E-state index in [1.165, 1.54) is 6.20 Å². The number of aromatic nitrogens is 2. The molecule has 0 radical (unpaired) electrons. The zero-order valence-electron chi connectivity index (χ0n) is 20.8. The van der Waals surface area contributed by atoms with Crippen molar-refractivity contribution in [2.24, 2.45) is 0 Å². The first-order chi connectivity index (χ1) is 17.7. The van der Waals surface area contributed by atoms with Crippen molar-refractivity contribution in [1.29, 1.82) is 0 Å². The van der Waals surface area contributed by atoms with Crippen LogP contribution in [0.4, 0.5) is 0 Å². The predicted molar refractivity (Wildman–Crippen MR) is 140 cm³/mol. The summed E-state index contributed by atoms with van der Waals surface area (Å²) in [6, 6.07) is 18.7. The number of carbonyl (C=O) groups is 1. The number of ketones is 1. The van der Waals surface area contributed by atoms with Crippen LogP contribution in [0, 0.1) is 0 Å². The first kappa shape index (κ1) is 24.9. The van der Waals surface area contributed by atoms with E-state index in [1.54, 1.807) is 6.07 Å². The number of hydrogen-bond donors (Lipinski definition) is 0. The smallest absolute Gasteiger partial charge is 0.247 e. The first-order valence-electron chi connectivity index (χ1n) is 11.9. The summed E-state index contributed by atoms with van der Waals surface area (Å²) in [5.74, 6) is 1.58. The van der Waals surface area contributed by atoms with Crippen LogP contribution in [0.1, 0.15) is 33.8 Å². The van der Waals surface area contributed by atoms with Crippen LogP contribution in [0.15, 0.2) is 76.4 Å². The Morgan fingerprint density at radius 1 is 1.05 bits per heavy atom. The van der Waals surface area contributed by atoms with Gasteiger partial charge in [-0.3, -0.25) is 4.79 Å². The highest BCUT2D eigenvalue weighted by atomic mass is 32.2. The monoisotopic (exact) mass is 517 g/mol. The van der Waals surface area contributed by atoms with Crippen LogP contribution in [0.5, 0.6) is 5.75 Å². The average molecular weight is 518 g/mol. The summed E-state index contributed by atoms with van der Waals surface area (Å²) in [4.78, 5) is 23.0. The van der Waals surface area contributed by atoms with E-state index in [0.717, 1.165) is 35.2 Å². The molecule has 1 aliphatic rings. The van der Waals surface area contributed by atoms with Gasteiger partial charge >= 0.3 is 0 Å². The third-order valence-electron chi connectivity index (χ3n) is 6.31.